The molecular formula is C23H26N6O2S. The van der Waals surface area contributed by atoms with E-state index >= 15 is 0 Å². The lowest BCUT2D eigenvalue weighted by molar-refractivity contribution is 0.372. The lowest BCUT2D eigenvalue weighted by atomic mass is 9.96. The Morgan fingerprint density at radius 3 is 2.66 bits per heavy atom. The quantitative estimate of drug-likeness (QED) is 0.339. The van der Waals surface area contributed by atoms with E-state index in [1.807, 2.05) is 30.3 Å². The average molecular weight is 451 g/mol. The van der Waals surface area contributed by atoms with Crippen LogP contribution in [0.5, 0.6) is 0 Å². The van der Waals surface area contributed by atoms with Crippen molar-refractivity contribution >= 4 is 11.8 Å². The van der Waals surface area contributed by atoms with Gasteiger partial charge in [-0.25, -0.2) is 4.98 Å². The Bertz CT molecular complexity index is 1270. The predicted octanol–water partition coefficient (Wildman–Crippen LogP) is 4.23. The summed E-state index contributed by atoms with van der Waals surface area (Å²) >= 11 is 1.55. The number of benzene rings is 1. The number of hydrogen-bond acceptors (Lipinski definition) is 7. The molecule has 8 nitrogen and oxygen atoms in total. The topological polar surface area (TPSA) is 91.6 Å². The van der Waals surface area contributed by atoms with Crippen LogP contribution < -0.4 is 5.56 Å². The molecule has 0 saturated carbocycles. The van der Waals surface area contributed by atoms with E-state index in [9.17, 15) is 4.79 Å². The molecule has 0 bridgehead atoms. The van der Waals surface area contributed by atoms with Gasteiger partial charge in [-0.15, -0.1) is 5.10 Å². The van der Waals surface area contributed by atoms with E-state index in [1.165, 1.54) is 4.68 Å². The van der Waals surface area contributed by atoms with E-state index in [4.69, 9.17) is 9.51 Å². The van der Waals surface area contributed by atoms with E-state index in [1.54, 1.807) is 11.8 Å². The van der Waals surface area contributed by atoms with Gasteiger partial charge in [0.1, 0.15) is 5.56 Å². The number of para-hydroxylation sites is 1. The molecule has 0 fully saturated rings. The van der Waals surface area contributed by atoms with Gasteiger partial charge in [0.15, 0.2) is 16.8 Å². The fourth-order valence-electron chi connectivity index (χ4n) is 3.95. The van der Waals surface area contributed by atoms with Crippen molar-refractivity contribution in [1.82, 2.24) is 29.5 Å². The molecule has 32 heavy (non-hydrogen) atoms. The molecule has 3 aliphatic rings. The number of thioether (sulfide) groups is 1. The zero-order chi connectivity index (χ0) is 22.3. The van der Waals surface area contributed by atoms with Crippen molar-refractivity contribution in [1.29, 1.82) is 0 Å². The molecule has 3 aliphatic heterocycles. The number of rotatable bonds is 4. The first kappa shape index (κ1) is 20.9. The first-order chi connectivity index (χ1) is 15.4. The molecule has 9 heteroatoms. The van der Waals surface area contributed by atoms with Crippen molar-refractivity contribution in [3.05, 3.63) is 58.1 Å². The first-order valence-electron chi connectivity index (χ1n) is 11.0. The van der Waals surface area contributed by atoms with Gasteiger partial charge < -0.3 is 9.09 Å². The Kier molecular flexibility index (Phi) is 5.36. The summed E-state index contributed by atoms with van der Waals surface area (Å²) in [4.78, 5) is 22.7. The van der Waals surface area contributed by atoms with Crippen LogP contribution in [0, 0.1) is 0 Å². The van der Waals surface area contributed by atoms with E-state index in [2.05, 4.69) is 40.6 Å². The van der Waals surface area contributed by atoms with E-state index in [0.29, 0.717) is 28.9 Å². The van der Waals surface area contributed by atoms with Gasteiger partial charge in [-0.1, -0.05) is 62.3 Å². The molecular weight excluding hydrogens is 424 g/mol. The summed E-state index contributed by atoms with van der Waals surface area (Å²) in [5, 5.41) is 9.54. The van der Waals surface area contributed by atoms with E-state index < -0.39 is 0 Å². The SMILES string of the molecule is CC(C)(C)c1noc(CSc2nc3nn(-c4ccccc4)c(=O)c-3c3n2CCCCC3)n1. The standard InChI is InChI=1S/C23H26N6O2S/c1-23(2,3)21-24-17(31-27-21)14-32-22-25-19-18(16-12-8-5-9-13-28(16)22)20(30)29(26-19)15-10-6-4-7-11-15/h4,6-7,10-11H,5,8-9,12-14H2,1-3H3. The third-order valence-electron chi connectivity index (χ3n) is 5.63. The van der Waals surface area contributed by atoms with Gasteiger partial charge in [0.05, 0.1) is 11.4 Å². The Morgan fingerprint density at radius 2 is 1.91 bits per heavy atom. The molecule has 0 spiro atoms. The molecule has 0 N–H and O–H groups in total. The average Bonchev–Trinajstić information content (AvgIpc) is 3.30. The summed E-state index contributed by atoms with van der Waals surface area (Å²) < 4.78 is 9.12. The highest BCUT2D eigenvalue weighted by Crippen LogP contribution is 2.32. The van der Waals surface area contributed by atoms with Crippen LogP contribution in [0.4, 0.5) is 0 Å². The normalized spacial score (nSPS) is 14.5. The molecule has 0 radical (unpaired) electrons. The number of nitrogens with zero attached hydrogens (tertiary/aromatic N) is 6. The molecule has 5 rings (SSSR count). The maximum atomic E-state index is 13.3. The summed E-state index contributed by atoms with van der Waals surface area (Å²) in [5.74, 6) is 2.28. The molecule has 166 valence electrons. The minimum atomic E-state index is -0.162. The Labute approximate surface area is 190 Å². The van der Waals surface area contributed by atoms with Crippen molar-refractivity contribution in [2.75, 3.05) is 0 Å². The first-order valence-corrected chi connectivity index (χ1v) is 11.9. The zero-order valence-electron chi connectivity index (χ0n) is 18.5. The van der Waals surface area contributed by atoms with Gasteiger partial charge in [0.2, 0.25) is 5.89 Å². The Hall–Kier alpha value is -2.94. The van der Waals surface area contributed by atoms with E-state index in [-0.39, 0.29) is 11.0 Å². The molecule has 1 aromatic heterocycles. The lowest BCUT2D eigenvalue weighted by Gasteiger charge is -2.17. The van der Waals surface area contributed by atoms with Crippen molar-refractivity contribution < 1.29 is 4.52 Å². The lowest BCUT2D eigenvalue weighted by Crippen LogP contribution is -2.19. The Balaban J connectivity index is 1.56. The third-order valence-corrected chi connectivity index (χ3v) is 6.59. The molecule has 4 heterocycles. The second kappa shape index (κ2) is 8.20. The van der Waals surface area contributed by atoms with Gasteiger partial charge in [0, 0.05) is 17.7 Å². The van der Waals surface area contributed by atoms with Crippen LogP contribution in [0.3, 0.4) is 0 Å². The fraction of sp³-hybridized carbons (Fsp3) is 0.435. The highest BCUT2D eigenvalue weighted by Gasteiger charge is 2.27. The van der Waals surface area contributed by atoms with Gasteiger partial charge in [-0.3, -0.25) is 4.79 Å². The second-order valence-corrected chi connectivity index (χ2v) is 10.0. The highest BCUT2D eigenvalue weighted by atomic mass is 32.2. The predicted molar refractivity (Wildman–Crippen MR) is 122 cm³/mol. The van der Waals surface area contributed by atoms with Crippen LogP contribution >= 0.6 is 11.8 Å². The summed E-state index contributed by atoms with van der Waals surface area (Å²) in [6.45, 7) is 7.02. The number of hydrogen-bond donors (Lipinski definition) is 0. The molecule has 2 aromatic rings. The number of aromatic nitrogens is 6. The van der Waals surface area contributed by atoms with Crippen LogP contribution in [0.2, 0.25) is 0 Å². The molecule has 0 aliphatic carbocycles. The fourth-order valence-corrected chi connectivity index (χ4v) is 4.83. The van der Waals surface area contributed by atoms with Crippen LogP contribution in [-0.2, 0) is 24.1 Å². The minimum Gasteiger partial charge on any atom is -0.338 e. The largest absolute Gasteiger partial charge is 0.338 e. The zero-order valence-corrected chi connectivity index (χ0v) is 19.4. The third kappa shape index (κ3) is 3.85. The van der Waals surface area contributed by atoms with Crippen molar-refractivity contribution in [2.45, 2.75) is 69.3 Å². The summed E-state index contributed by atoms with van der Waals surface area (Å²) in [6, 6.07) is 9.51. The molecule has 0 atom stereocenters. The van der Waals surface area contributed by atoms with Crippen molar-refractivity contribution in [3.63, 3.8) is 0 Å². The van der Waals surface area contributed by atoms with Gasteiger partial charge in [-0.05, 0) is 31.4 Å². The molecule has 1 aromatic carbocycles. The molecule has 0 amide bonds. The van der Waals surface area contributed by atoms with E-state index in [0.717, 1.165) is 48.8 Å². The summed E-state index contributed by atoms with van der Waals surface area (Å²) in [6.07, 6.45) is 4.09. The van der Waals surface area contributed by atoms with Crippen LogP contribution in [0.15, 0.2) is 44.8 Å². The van der Waals surface area contributed by atoms with Crippen molar-refractivity contribution in [3.8, 4) is 17.1 Å². The summed E-state index contributed by atoms with van der Waals surface area (Å²) in [7, 11) is 0. The summed E-state index contributed by atoms with van der Waals surface area (Å²) in [5.41, 5.74) is 2.14. The van der Waals surface area contributed by atoms with Crippen LogP contribution in [0.25, 0.3) is 17.1 Å². The van der Waals surface area contributed by atoms with Crippen LogP contribution in [-0.4, -0.2) is 29.5 Å². The van der Waals surface area contributed by atoms with Gasteiger partial charge in [-0.2, -0.15) is 9.67 Å². The van der Waals surface area contributed by atoms with Crippen molar-refractivity contribution in [2.24, 2.45) is 0 Å². The number of fused-ring (bicyclic) bond motifs is 3. The Morgan fingerprint density at radius 1 is 1.09 bits per heavy atom. The molecule has 0 saturated heterocycles. The van der Waals surface area contributed by atoms with Crippen LogP contribution in [0.1, 0.15) is 57.4 Å². The second-order valence-electron chi connectivity index (χ2n) is 9.10. The highest BCUT2D eigenvalue weighted by molar-refractivity contribution is 7.98. The maximum absolute atomic E-state index is 13.3. The smallest absolute Gasteiger partial charge is 0.284 e. The monoisotopic (exact) mass is 450 g/mol. The molecule has 0 unspecified atom stereocenters. The van der Waals surface area contributed by atoms with Gasteiger partial charge in [0.25, 0.3) is 5.56 Å². The maximum Gasteiger partial charge on any atom is 0.284 e. The van der Waals surface area contributed by atoms with Gasteiger partial charge >= 0.3 is 0 Å². The minimum absolute atomic E-state index is 0.104.